The molecule has 1 amide bonds. The number of rotatable bonds is 6. The molecule has 0 aliphatic rings. The number of anilines is 1. The molecule has 30 heavy (non-hydrogen) atoms. The molecule has 0 aliphatic carbocycles. The summed E-state index contributed by atoms with van der Waals surface area (Å²) in [5.41, 5.74) is 0.867. The van der Waals surface area contributed by atoms with Crippen LogP contribution in [-0.2, 0) is 9.53 Å². The van der Waals surface area contributed by atoms with Gasteiger partial charge in [-0.25, -0.2) is 4.79 Å². The number of amides is 1. The molecular weight excluding hydrogens is 388 g/mol. The fourth-order valence-electron chi connectivity index (χ4n) is 3.41. The Labute approximate surface area is 173 Å². The number of carbonyl (C=O) groups excluding carboxylic acids is 2. The van der Waals surface area contributed by atoms with E-state index in [4.69, 9.17) is 9.26 Å². The number of esters is 1. The Morgan fingerprint density at radius 1 is 1.27 bits per heavy atom. The summed E-state index contributed by atoms with van der Waals surface area (Å²) in [6, 6.07) is 6.71. The van der Waals surface area contributed by atoms with Crippen LogP contribution in [-0.4, -0.2) is 39.7 Å². The summed E-state index contributed by atoms with van der Waals surface area (Å²) in [4.78, 5) is 44.5. The lowest BCUT2D eigenvalue weighted by Gasteiger charge is -2.26. The van der Waals surface area contributed by atoms with Crippen molar-refractivity contribution in [1.82, 2.24) is 14.7 Å². The average Bonchev–Trinajstić information content (AvgIpc) is 3.12. The molecule has 9 heteroatoms. The molecule has 0 aliphatic heterocycles. The van der Waals surface area contributed by atoms with E-state index in [1.807, 2.05) is 38.1 Å². The van der Waals surface area contributed by atoms with Crippen molar-refractivity contribution in [2.75, 3.05) is 18.1 Å². The predicted molar refractivity (Wildman–Crippen MR) is 111 cm³/mol. The van der Waals surface area contributed by atoms with Gasteiger partial charge in [0.05, 0.1) is 6.61 Å². The molecule has 0 radical (unpaired) electrons. The van der Waals surface area contributed by atoms with E-state index < -0.39 is 17.6 Å². The molecule has 9 nitrogen and oxygen atoms in total. The number of likely N-dealkylation sites (N-methyl/N-ethyl adjacent to an activating group) is 1. The highest BCUT2D eigenvalue weighted by molar-refractivity contribution is 6.00. The summed E-state index contributed by atoms with van der Waals surface area (Å²) in [7, 11) is 0. The summed E-state index contributed by atoms with van der Waals surface area (Å²) < 4.78 is 11.2. The molecular formula is C21H24N4O5. The van der Waals surface area contributed by atoms with Crippen LogP contribution in [0.25, 0.3) is 11.1 Å². The number of nitrogens with zero attached hydrogens (tertiary/aromatic N) is 4. The lowest BCUT2D eigenvalue weighted by atomic mass is 10.1. The van der Waals surface area contributed by atoms with Gasteiger partial charge in [-0.05, 0) is 52.3 Å². The molecule has 2 heterocycles. The van der Waals surface area contributed by atoms with Crippen LogP contribution in [0.1, 0.15) is 48.7 Å². The summed E-state index contributed by atoms with van der Waals surface area (Å²) >= 11 is 0. The van der Waals surface area contributed by atoms with E-state index >= 15 is 0 Å². The standard InChI is InChI=1S/C21H24N4O5/c1-6-24(15-10-8-9-12(3)11-15)19(26)13(4)25-14(5)22-18-16(20(25)27)17(23-30-18)21(28)29-7-2/h8-11,13H,6-7H2,1-5H3. The first-order valence-corrected chi connectivity index (χ1v) is 9.73. The predicted octanol–water partition coefficient (Wildman–Crippen LogP) is 2.79. The largest absolute Gasteiger partial charge is 0.461 e. The van der Waals surface area contributed by atoms with Gasteiger partial charge in [-0.15, -0.1) is 0 Å². The Bertz CT molecular complexity index is 1160. The normalized spacial score (nSPS) is 12.0. The van der Waals surface area contributed by atoms with Gasteiger partial charge in [-0.2, -0.15) is 4.98 Å². The summed E-state index contributed by atoms with van der Waals surface area (Å²) in [5, 5.41) is 3.55. The maximum absolute atomic E-state index is 13.3. The average molecular weight is 412 g/mol. The zero-order valence-electron chi connectivity index (χ0n) is 17.6. The van der Waals surface area contributed by atoms with Crippen LogP contribution in [0.5, 0.6) is 0 Å². The molecule has 3 rings (SSSR count). The van der Waals surface area contributed by atoms with Crippen molar-refractivity contribution in [1.29, 1.82) is 0 Å². The van der Waals surface area contributed by atoms with Gasteiger partial charge in [0.2, 0.25) is 11.6 Å². The SMILES string of the molecule is CCOC(=O)c1noc2nc(C)n(C(C)C(=O)N(CC)c3cccc(C)c3)c(=O)c12. The van der Waals surface area contributed by atoms with E-state index in [1.165, 1.54) is 4.57 Å². The second-order valence-corrected chi connectivity index (χ2v) is 6.86. The van der Waals surface area contributed by atoms with Crippen LogP contribution in [0.15, 0.2) is 33.6 Å². The lowest BCUT2D eigenvalue weighted by molar-refractivity contribution is -0.121. The van der Waals surface area contributed by atoms with Crippen molar-refractivity contribution in [3.8, 4) is 0 Å². The van der Waals surface area contributed by atoms with Gasteiger partial charge < -0.3 is 14.2 Å². The smallest absolute Gasteiger partial charge is 0.361 e. The molecule has 1 atom stereocenters. The van der Waals surface area contributed by atoms with E-state index in [9.17, 15) is 14.4 Å². The number of hydrogen-bond donors (Lipinski definition) is 0. The van der Waals surface area contributed by atoms with E-state index in [2.05, 4.69) is 10.1 Å². The number of fused-ring (bicyclic) bond motifs is 1. The molecule has 1 unspecified atom stereocenters. The van der Waals surface area contributed by atoms with Crippen LogP contribution < -0.4 is 10.5 Å². The van der Waals surface area contributed by atoms with Crippen LogP contribution in [0.2, 0.25) is 0 Å². The van der Waals surface area contributed by atoms with E-state index in [1.54, 1.807) is 25.7 Å². The van der Waals surface area contributed by atoms with Crippen LogP contribution in [0.3, 0.4) is 0 Å². The van der Waals surface area contributed by atoms with Gasteiger partial charge in [0.1, 0.15) is 17.3 Å². The van der Waals surface area contributed by atoms with Crippen LogP contribution >= 0.6 is 0 Å². The number of aryl methyl sites for hydroxylation is 2. The fourth-order valence-corrected chi connectivity index (χ4v) is 3.41. The first-order valence-electron chi connectivity index (χ1n) is 9.73. The maximum atomic E-state index is 13.3. The van der Waals surface area contributed by atoms with Gasteiger partial charge in [-0.1, -0.05) is 17.3 Å². The summed E-state index contributed by atoms with van der Waals surface area (Å²) in [5.74, 6) is -0.775. The number of hydrogen-bond acceptors (Lipinski definition) is 7. The minimum Gasteiger partial charge on any atom is -0.461 e. The van der Waals surface area contributed by atoms with Crippen molar-refractivity contribution in [3.63, 3.8) is 0 Å². The van der Waals surface area contributed by atoms with Gasteiger partial charge in [-0.3, -0.25) is 14.2 Å². The molecule has 0 N–H and O–H groups in total. The first kappa shape index (κ1) is 21.2. The number of ether oxygens (including phenoxy) is 1. The molecule has 2 aromatic heterocycles. The Balaban J connectivity index is 2.08. The highest BCUT2D eigenvalue weighted by Gasteiger charge is 2.29. The quantitative estimate of drug-likeness (QED) is 0.573. The van der Waals surface area contributed by atoms with Gasteiger partial charge in [0, 0.05) is 12.2 Å². The second kappa shape index (κ2) is 8.48. The van der Waals surface area contributed by atoms with E-state index in [-0.39, 0.29) is 35.1 Å². The fraction of sp³-hybridized carbons (Fsp3) is 0.381. The van der Waals surface area contributed by atoms with Gasteiger partial charge >= 0.3 is 5.97 Å². The third kappa shape index (κ3) is 3.70. The maximum Gasteiger partial charge on any atom is 0.361 e. The molecule has 0 bridgehead atoms. The van der Waals surface area contributed by atoms with Gasteiger partial charge in [0.15, 0.2) is 0 Å². The molecule has 158 valence electrons. The number of carbonyl (C=O) groups is 2. The van der Waals surface area contributed by atoms with Crippen LogP contribution in [0, 0.1) is 13.8 Å². The zero-order valence-corrected chi connectivity index (χ0v) is 17.6. The van der Waals surface area contributed by atoms with Crippen molar-refractivity contribution in [2.24, 2.45) is 0 Å². The van der Waals surface area contributed by atoms with Crippen LogP contribution in [0.4, 0.5) is 5.69 Å². The van der Waals surface area contributed by atoms with Crippen molar-refractivity contribution < 1.29 is 18.8 Å². The van der Waals surface area contributed by atoms with Gasteiger partial charge in [0.25, 0.3) is 11.3 Å². The lowest BCUT2D eigenvalue weighted by Crippen LogP contribution is -2.40. The summed E-state index contributed by atoms with van der Waals surface area (Å²) in [6.07, 6.45) is 0. The molecule has 1 aromatic carbocycles. The minimum absolute atomic E-state index is 0.0671. The topological polar surface area (TPSA) is 108 Å². The van der Waals surface area contributed by atoms with Crippen molar-refractivity contribution in [3.05, 3.63) is 51.7 Å². The molecule has 0 spiro atoms. The molecule has 0 saturated carbocycles. The molecule has 3 aromatic rings. The number of aromatic nitrogens is 3. The summed E-state index contributed by atoms with van der Waals surface area (Å²) in [6.45, 7) is 9.23. The highest BCUT2D eigenvalue weighted by atomic mass is 16.5. The third-order valence-corrected chi connectivity index (χ3v) is 4.83. The van der Waals surface area contributed by atoms with Crippen molar-refractivity contribution >= 4 is 28.7 Å². The van der Waals surface area contributed by atoms with E-state index in [0.29, 0.717) is 6.54 Å². The number of benzene rings is 1. The second-order valence-electron chi connectivity index (χ2n) is 6.86. The Kier molecular flexibility index (Phi) is 6.00. The minimum atomic E-state index is -0.861. The van der Waals surface area contributed by atoms with E-state index in [0.717, 1.165) is 11.3 Å². The Hall–Kier alpha value is -3.49. The Morgan fingerprint density at radius 3 is 2.63 bits per heavy atom. The monoisotopic (exact) mass is 412 g/mol. The third-order valence-electron chi connectivity index (χ3n) is 4.83. The zero-order chi connectivity index (χ0) is 22.0. The van der Waals surface area contributed by atoms with Crippen molar-refractivity contribution in [2.45, 2.75) is 40.7 Å². The Morgan fingerprint density at radius 2 is 2.00 bits per heavy atom. The molecule has 0 fully saturated rings. The molecule has 0 saturated heterocycles. The highest BCUT2D eigenvalue weighted by Crippen LogP contribution is 2.21. The first-order chi connectivity index (χ1) is 14.3.